The SMILES string of the molecule is CC(C)(C)OC(=O)C[C@@H](CCc1ccc(C(F)(F)F)cc1)C(=O)O. The summed E-state index contributed by atoms with van der Waals surface area (Å²) in [5.74, 6) is -2.68. The lowest BCUT2D eigenvalue weighted by molar-refractivity contribution is -0.159. The number of benzene rings is 1. The third-order valence-electron chi connectivity index (χ3n) is 3.25. The zero-order valence-electron chi connectivity index (χ0n) is 13.8. The standard InChI is InChI=1S/C17H21F3O4/c1-16(2,3)24-14(21)10-12(15(22)23)7-4-11-5-8-13(9-6-11)17(18,19)20/h5-6,8-9,12H,4,7,10H2,1-3H3,(H,22,23)/t12-/m1/s1. The number of carbonyl (C=O) groups excluding carboxylic acids is 1. The van der Waals surface area contributed by atoms with Crippen molar-refractivity contribution < 1.29 is 32.6 Å². The van der Waals surface area contributed by atoms with E-state index in [1.54, 1.807) is 20.8 Å². The van der Waals surface area contributed by atoms with E-state index in [0.717, 1.165) is 12.1 Å². The maximum absolute atomic E-state index is 12.5. The molecule has 0 saturated carbocycles. The molecular weight excluding hydrogens is 325 g/mol. The number of aryl methyl sites for hydroxylation is 1. The van der Waals surface area contributed by atoms with Crippen molar-refractivity contribution in [3.8, 4) is 0 Å². The average Bonchev–Trinajstić information content (AvgIpc) is 2.40. The van der Waals surface area contributed by atoms with Crippen LogP contribution in [0.2, 0.25) is 0 Å². The molecule has 0 aliphatic heterocycles. The van der Waals surface area contributed by atoms with Gasteiger partial charge in [-0.15, -0.1) is 0 Å². The molecule has 1 rings (SSSR count). The van der Waals surface area contributed by atoms with Gasteiger partial charge in [0.05, 0.1) is 17.9 Å². The lowest BCUT2D eigenvalue weighted by atomic mass is 9.96. The van der Waals surface area contributed by atoms with Crippen molar-refractivity contribution in [2.75, 3.05) is 0 Å². The summed E-state index contributed by atoms with van der Waals surface area (Å²) in [5, 5.41) is 9.19. The summed E-state index contributed by atoms with van der Waals surface area (Å²) in [4.78, 5) is 23.0. The molecular formula is C17H21F3O4. The van der Waals surface area contributed by atoms with E-state index in [1.807, 2.05) is 0 Å². The van der Waals surface area contributed by atoms with E-state index < -0.39 is 35.2 Å². The Labute approximate surface area is 138 Å². The summed E-state index contributed by atoms with van der Waals surface area (Å²) in [6.07, 6.45) is -4.27. The second-order valence-corrected chi connectivity index (χ2v) is 6.56. The highest BCUT2D eigenvalue weighted by atomic mass is 19.4. The molecule has 7 heteroatoms. The zero-order valence-corrected chi connectivity index (χ0v) is 13.8. The van der Waals surface area contributed by atoms with Gasteiger partial charge in [0.25, 0.3) is 0 Å². The summed E-state index contributed by atoms with van der Waals surface area (Å²) in [7, 11) is 0. The van der Waals surface area contributed by atoms with Crippen molar-refractivity contribution in [2.45, 2.75) is 51.8 Å². The first-order valence-corrected chi connectivity index (χ1v) is 7.49. The van der Waals surface area contributed by atoms with Crippen LogP contribution in [0.5, 0.6) is 0 Å². The van der Waals surface area contributed by atoms with E-state index in [9.17, 15) is 27.9 Å². The summed E-state index contributed by atoms with van der Waals surface area (Å²) < 4.78 is 42.6. The van der Waals surface area contributed by atoms with Crippen molar-refractivity contribution in [1.82, 2.24) is 0 Å². The number of carboxylic acid groups (broad SMARTS) is 1. The Morgan fingerprint density at radius 2 is 1.67 bits per heavy atom. The maximum Gasteiger partial charge on any atom is 0.416 e. The number of alkyl halides is 3. The molecule has 0 aliphatic rings. The molecule has 1 N–H and O–H groups in total. The van der Waals surface area contributed by atoms with Crippen molar-refractivity contribution in [3.05, 3.63) is 35.4 Å². The van der Waals surface area contributed by atoms with Gasteiger partial charge < -0.3 is 9.84 Å². The predicted octanol–water partition coefficient (Wildman–Crippen LogP) is 4.07. The molecule has 0 unspecified atom stereocenters. The fourth-order valence-electron chi connectivity index (χ4n) is 2.10. The van der Waals surface area contributed by atoms with Crippen LogP contribution >= 0.6 is 0 Å². The normalized spacial score (nSPS) is 13.4. The summed E-state index contributed by atoms with van der Waals surface area (Å²) in [5.41, 5.74) is -0.874. The number of halogens is 3. The summed E-state index contributed by atoms with van der Waals surface area (Å²) in [6.45, 7) is 5.05. The topological polar surface area (TPSA) is 63.6 Å². The summed E-state index contributed by atoms with van der Waals surface area (Å²) in [6, 6.07) is 4.54. The van der Waals surface area contributed by atoms with Gasteiger partial charge in [-0.3, -0.25) is 9.59 Å². The Morgan fingerprint density at radius 1 is 1.12 bits per heavy atom. The first kappa shape index (κ1) is 20.0. The number of hydrogen-bond acceptors (Lipinski definition) is 3. The Kier molecular flexibility index (Phi) is 6.40. The number of esters is 1. The van der Waals surface area contributed by atoms with Crippen LogP contribution in [0.15, 0.2) is 24.3 Å². The first-order valence-electron chi connectivity index (χ1n) is 7.49. The first-order chi connectivity index (χ1) is 10.9. The predicted molar refractivity (Wildman–Crippen MR) is 81.4 cm³/mol. The molecule has 134 valence electrons. The highest BCUT2D eigenvalue weighted by Crippen LogP contribution is 2.29. The molecule has 24 heavy (non-hydrogen) atoms. The summed E-state index contributed by atoms with van der Waals surface area (Å²) >= 11 is 0. The van der Waals surface area contributed by atoms with Gasteiger partial charge >= 0.3 is 18.1 Å². The largest absolute Gasteiger partial charge is 0.481 e. The van der Waals surface area contributed by atoms with Crippen LogP contribution in [0, 0.1) is 5.92 Å². The fraction of sp³-hybridized carbons (Fsp3) is 0.529. The molecule has 1 aromatic rings. The van der Waals surface area contributed by atoms with Crippen LogP contribution in [0.1, 0.15) is 44.7 Å². The number of rotatable bonds is 6. The number of carboxylic acids is 1. The molecule has 0 saturated heterocycles. The zero-order chi connectivity index (χ0) is 18.5. The van der Waals surface area contributed by atoms with Crippen molar-refractivity contribution >= 4 is 11.9 Å². The Balaban J connectivity index is 2.64. The van der Waals surface area contributed by atoms with E-state index in [1.165, 1.54) is 12.1 Å². The van der Waals surface area contributed by atoms with Gasteiger partial charge in [0.2, 0.25) is 0 Å². The molecule has 0 amide bonds. The van der Waals surface area contributed by atoms with Gasteiger partial charge in [-0.05, 0) is 51.3 Å². The number of ether oxygens (including phenoxy) is 1. The van der Waals surface area contributed by atoms with E-state index in [0.29, 0.717) is 5.56 Å². The van der Waals surface area contributed by atoms with Crippen LogP contribution in [-0.4, -0.2) is 22.6 Å². The van der Waals surface area contributed by atoms with Crippen LogP contribution < -0.4 is 0 Å². The molecule has 0 aromatic heterocycles. The number of carbonyl (C=O) groups is 2. The van der Waals surface area contributed by atoms with Crippen LogP contribution in [0.3, 0.4) is 0 Å². The molecule has 1 atom stereocenters. The lowest BCUT2D eigenvalue weighted by Gasteiger charge is -2.21. The van der Waals surface area contributed by atoms with E-state index in [-0.39, 0.29) is 19.3 Å². The van der Waals surface area contributed by atoms with Gasteiger partial charge in [-0.1, -0.05) is 12.1 Å². The maximum atomic E-state index is 12.5. The number of hydrogen-bond donors (Lipinski definition) is 1. The van der Waals surface area contributed by atoms with Gasteiger partial charge in [0, 0.05) is 0 Å². The molecule has 0 bridgehead atoms. The second-order valence-electron chi connectivity index (χ2n) is 6.56. The molecule has 4 nitrogen and oxygen atoms in total. The molecule has 0 aliphatic carbocycles. The lowest BCUT2D eigenvalue weighted by Crippen LogP contribution is -2.27. The Hall–Kier alpha value is -2.05. The van der Waals surface area contributed by atoms with E-state index >= 15 is 0 Å². The van der Waals surface area contributed by atoms with Crippen LogP contribution in [0.4, 0.5) is 13.2 Å². The molecule has 1 aromatic carbocycles. The van der Waals surface area contributed by atoms with Gasteiger partial charge in [-0.2, -0.15) is 13.2 Å². The molecule has 0 heterocycles. The minimum atomic E-state index is -4.40. The monoisotopic (exact) mass is 346 g/mol. The van der Waals surface area contributed by atoms with E-state index in [4.69, 9.17) is 4.74 Å². The van der Waals surface area contributed by atoms with Crippen molar-refractivity contribution in [1.29, 1.82) is 0 Å². The van der Waals surface area contributed by atoms with Gasteiger partial charge in [0.1, 0.15) is 5.60 Å². The molecule has 0 spiro atoms. The second kappa shape index (κ2) is 7.68. The van der Waals surface area contributed by atoms with E-state index in [2.05, 4.69) is 0 Å². The highest BCUT2D eigenvalue weighted by Gasteiger charge is 2.30. The third kappa shape index (κ3) is 7.02. The van der Waals surface area contributed by atoms with Crippen molar-refractivity contribution in [3.63, 3.8) is 0 Å². The third-order valence-corrected chi connectivity index (χ3v) is 3.25. The smallest absolute Gasteiger partial charge is 0.416 e. The minimum absolute atomic E-state index is 0.139. The molecule has 0 radical (unpaired) electrons. The quantitative estimate of drug-likeness (QED) is 0.789. The minimum Gasteiger partial charge on any atom is -0.481 e. The average molecular weight is 346 g/mol. The highest BCUT2D eigenvalue weighted by molar-refractivity contribution is 5.79. The van der Waals surface area contributed by atoms with Gasteiger partial charge in [0.15, 0.2) is 0 Å². The Morgan fingerprint density at radius 3 is 2.08 bits per heavy atom. The van der Waals surface area contributed by atoms with Crippen LogP contribution in [0.25, 0.3) is 0 Å². The van der Waals surface area contributed by atoms with Crippen molar-refractivity contribution in [2.24, 2.45) is 5.92 Å². The van der Waals surface area contributed by atoms with Gasteiger partial charge in [-0.25, -0.2) is 0 Å². The molecule has 0 fully saturated rings. The van der Waals surface area contributed by atoms with Crippen LogP contribution in [-0.2, 0) is 26.9 Å². The Bertz CT molecular complexity index is 571. The number of aliphatic carboxylic acids is 1. The fourth-order valence-corrected chi connectivity index (χ4v) is 2.10.